The second-order valence-electron chi connectivity index (χ2n) is 8.97. The van der Waals surface area contributed by atoms with Gasteiger partial charge in [0.15, 0.2) is 0 Å². The number of fused-ring (bicyclic) bond motifs is 2. The summed E-state index contributed by atoms with van der Waals surface area (Å²) < 4.78 is 0. The molecule has 184 valence electrons. The molecule has 1 unspecified atom stereocenters. The Morgan fingerprint density at radius 1 is 1.05 bits per heavy atom. The Balaban J connectivity index is 1.31. The summed E-state index contributed by atoms with van der Waals surface area (Å²) in [6.45, 7) is 1.79. The second-order valence-corrected chi connectivity index (χ2v) is 10.3. The lowest BCUT2D eigenvalue weighted by atomic mass is 9.95. The molecule has 1 aliphatic rings. The average molecular weight is 509 g/mol. The van der Waals surface area contributed by atoms with E-state index in [0.717, 1.165) is 42.5 Å². The third kappa shape index (κ3) is 5.18. The van der Waals surface area contributed by atoms with Gasteiger partial charge in [-0.3, -0.25) is 4.79 Å². The molecule has 0 aliphatic heterocycles. The van der Waals surface area contributed by atoms with Gasteiger partial charge < -0.3 is 10.4 Å². The van der Waals surface area contributed by atoms with Gasteiger partial charge in [0.05, 0.1) is 27.6 Å². The first-order valence-corrected chi connectivity index (χ1v) is 12.9. The van der Waals surface area contributed by atoms with Crippen LogP contribution in [0.1, 0.15) is 46.9 Å². The number of pyridine rings is 2. The number of carbonyl (C=O) groups excluding carboxylic acids is 1. The smallest absolute Gasteiger partial charge is 0.336 e. The van der Waals surface area contributed by atoms with Gasteiger partial charge in [0.1, 0.15) is 11.1 Å². The third-order valence-electron chi connectivity index (χ3n) is 6.44. The molecule has 0 fully saturated rings. The summed E-state index contributed by atoms with van der Waals surface area (Å²) in [5.74, 6) is -1.21. The third-order valence-corrected chi connectivity index (χ3v) is 7.54. The van der Waals surface area contributed by atoms with Crippen molar-refractivity contribution in [3.05, 3.63) is 83.0 Å². The van der Waals surface area contributed by atoms with E-state index >= 15 is 0 Å². The number of para-hydroxylation sites is 1. The van der Waals surface area contributed by atoms with Crippen molar-refractivity contribution in [1.82, 2.24) is 9.97 Å². The molecule has 0 radical (unpaired) electrons. The Hall–Kier alpha value is -4.22. The summed E-state index contributed by atoms with van der Waals surface area (Å²) in [5.41, 5.74) is 5.37. The first-order chi connectivity index (χ1) is 17.9. The van der Waals surface area contributed by atoms with E-state index in [9.17, 15) is 20.0 Å². The van der Waals surface area contributed by atoms with Crippen molar-refractivity contribution in [2.45, 2.75) is 42.9 Å². The highest BCUT2D eigenvalue weighted by molar-refractivity contribution is 8.00. The molecule has 37 heavy (non-hydrogen) atoms. The van der Waals surface area contributed by atoms with Crippen LogP contribution in [-0.2, 0) is 17.6 Å². The molecule has 1 atom stereocenters. The molecule has 2 N–H and O–H groups in total. The van der Waals surface area contributed by atoms with Gasteiger partial charge in [0, 0.05) is 22.3 Å². The van der Waals surface area contributed by atoms with E-state index < -0.39 is 11.2 Å². The van der Waals surface area contributed by atoms with Gasteiger partial charge in [-0.25, -0.2) is 14.8 Å². The number of hydrogen-bond acceptors (Lipinski definition) is 6. The highest BCUT2D eigenvalue weighted by Crippen LogP contribution is 2.31. The van der Waals surface area contributed by atoms with E-state index in [1.807, 2.05) is 12.1 Å². The van der Waals surface area contributed by atoms with Gasteiger partial charge in [-0.1, -0.05) is 42.1 Å². The van der Waals surface area contributed by atoms with Gasteiger partial charge in [-0.15, -0.1) is 0 Å². The number of aromatic carboxylic acids is 1. The van der Waals surface area contributed by atoms with Gasteiger partial charge in [-0.2, -0.15) is 5.26 Å². The Bertz CT molecular complexity index is 1560. The first-order valence-electron chi connectivity index (χ1n) is 12.1. The number of carbonyl (C=O) groups is 2. The number of nitrogens with one attached hydrogen (secondary N) is 1. The number of aromatic nitrogens is 2. The van der Waals surface area contributed by atoms with Crippen LogP contribution in [0.15, 0.2) is 65.7 Å². The Kier molecular flexibility index (Phi) is 6.89. The molecule has 0 saturated heterocycles. The topological polar surface area (TPSA) is 116 Å². The van der Waals surface area contributed by atoms with Crippen molar-refractivity contribution in [2.24, 2.45) is 0 Å². The van der Waals surface area contributed by atoms with Crippen LogP contribution in [0.25, 0.3) is 22.2 Å². The van der Waals surface area contributed by atoms with Gasteiger partial charge >= 0.3 is 5.97 Å². The summed E-state index contributed by atoms with van der Waals surface area (Å²) >= 11 is 1.29. The van der Waals surface area contributed by atoms with Crippen molar-refractivity contribution < 1.29 is 14.7 Å². The lowest BCUT2D eigenvalue weighted by molar-refractivity contribution is -0.115. The monoisotopic (exact) mass is 508 g/mol. The quantitative estimate of drug-likeness (QED) is 0.313. The molecule has 2 aromatic heterocycles. The number of anilines is 1. The maximum absolute atomic E-state index is 12.9. The summed E-state index contributed by atoms with van der Waals surface area (Å²) in [6.07, 6.45) is 4.05. The lowest BCUT2D eigenvalue weighted by Crippen LogP contribution is -2.22. The largest absolute Gasteiger partial charge is 0.478 e. The van der Waals surface area contributed by atoms with Crippen LogP contribution in [0.2, 0.25) is 0 Å². The maximum Gasteiger partial charge on any atom is 0.336 e. The number of hydrogen-bond donors (Lipinski definition) is 2. The minimum atomic E-state index is -1.01. The zero-order valence-electron chi connectivity index (χ0n) is 20.2. The Morgan fingerprint density at radius 2 is 1.81 bits per heavy atom. The number of aryl methyl sites for hydroxylation is 2. The number of benzene rings is 2. The number of nitrogens with zero attached hydrogens (tertiary/aromatic N) is 3. The molecule has 7 nitrogen and oxygen atoms in total. The second kappa shape index (κ2) is 10.4. The zero-order chi connectivity index (χ0) is 25.9. The predicted octanol–water partition coefficient (Wildman–Crippen LogP) is 5.86. The van der Waals surface area contributed by atoms with E-state index in [1.165, 1.54) is 11.8 Å². The minimum absolute atomic E-state index is 0.191. The first kappa shape index (κ1) is 24.5. The molecule has 0 saturated carbocycles. The van der Waals surface area contributed by atoms with Gasteiger partial charge in [0.25, 0.3) is 0 Å². The average Bonchev–Trinajstić information content (AvgIpc) is 2.92. The number of rotatable bonds is 6. The fourth-order valence-corrected chi connectivity index (χ4v) is 5.37. The van der Waals surface area contributed by atoms with E-state index in [2.05, 4.69) is 16.4 Å². The molecule has 1 amide bonds. The number of thioether (sulfide) groups is 1. The van der Waals surface area contributed by atoms with E-state index in [0.29, 0.717) is 32.9 Å². The van der Waals surface area contributed by atoms with Crippen molar-refractivity contribution in [2.75, 3.05) is 5.32 Å². The molecule has 1 aliphatic carbocycles. The van der Waals surface area contributed by atoms with E-state index in [1.54, 1.807) is 55.5 Å². The normalized spacial score (nSPS) is 13.4. The van der Waals surface area contributed by atoms with Gasteiger partial charge in [-0.05, 0) is 68.5 Å². The maximum atomic E-state index is 12.9. The number of carboxylic acids is 1. The number of carboxylic acid groups (broad SMARTS) is 1. The number of nitriles is 1. The highest BCUT2D eigenvalue weighted by Gasteiger charge is 2.21. The Labute approximate surface area is 218 Å². The van der Waals surface area contributed by atoms with Crippen LogP contribution in [0.3, 0.4) is 0 Å². The van der Waals surface area contributed by atoms with Crippen LogP contribution >= 0.6 is 11.8 Å². The summed E-state index contributed by atoms with van der Waals surface area (Å²) in [6, 6.07) is 20.0. The van der Waals surface area contributed by atoms with Gasteiger partial charge in [0.2, 0.25) is 5.91 Å². The minimum Gasteiger partial charge on any atom is -0.478 e. The summed E-state index contributed by atoms with van der Waals surface area (Å²) in [7, 11) is 0. The van der Waals surface area contributed by atoms with Crippen molar-refractivity contribution in [3.63, 3.8) is 0 Å². The van der Waals surface area contributed by atoms with Crippen LogP contribution in [0.4, 0.5) is 5.69 Å². The summed E-state index contributed by atoms with van der Waals surface area (Å²) in [5, 5.41) is 22.9. The standard InChI is InChI=1S/C29H24N4O3S/c1-17(37-28-20(16-30)14-19-6-2-4-8-24(19)33-28)27(34)31-21-12-10-18(11-13-21)26-15-23(29(35)36)22-7-3-5-9-25(22)32-26/h3,5,7,9-15,17H,2,4,6,8H2,1H3,(H,31,34)(H,35,36). The molecule has 2 heterocycles. The molecule has 2 aromatic carbocycles. The SMILES string of the molecule is CC(Sc1nc2c(cc1C#N)CCCC2)C(=O)Nc1ccc(-c2cc(C(=O)O)c3ccccc3n2)cc1. The van der Waals surface area contributed by atoms with E-state index in [-0.39, 0.29) is 11.5 Å². The van der Waals surface area contributed by atoms with Crippen molar-refractivity contribution >= 4 is 40.2 Å². The molecule has 5 rings (SSSR count). The fraction of sp³-hybridized carbons (Fsp3) is 0.207. The molecular formula is C29H24N4O3S. The highest BCUT2D eigenvalue weighted by atomic mass is 32.2. The molecule has 4 aromatic rings. The summed E-state index contributed by atoms with van der Waals surface area (Å²) in [4.78, 5) is 34.0. The molecule has 0 spiro atoms. The van der Waals surface area contributed by atoms with Crippen LogP contribution < -0.4 is 5.32 Å². The lowest BCUT2D eigenvalue weighted by Gasteiger charge is -2.18. The van der Waals surface area contributed by atoms with Crippen LogP contribution in [0.5, 0.6) is 0 Å². The van der Waals surface area contributed by atoms with Crippen molar-refractivity contribution in [1.29, 1.82) is 5.26 Å². The van der Waals surface area contributed by atoms with Crippen LogP contribution in [0, 0.1) is 11.3 Å². The molecule has 0 bridgehead atoms. The number of amides is 1. The predicted molar refractivity (Wildman–Crippen MR) is 144 cm³/mol. The Morgan fingerprint density at radius 3 is 2.57 bits per heavy atom. The molecule has 8 heteroatoms. The fourth-order valence-electron chi connectivity index (χ4n) is 4.47. The van der Waals surface area contributed by atoms with E-state index in [4.69, 9.17) is 4.98 Å². The molecular weight excluding hydrogens is 484 g/mol. The van der Waals surface area contributed by atoms with Crippen LogP contribution in [-0.4, -0.2) is 32.2 Å². The van der Waals surface area contributed by atoms with Crippen molar-refractivity contribution in [3.8, 4) is 17.3 Å². The zero-order valence-corrected chi connectivity index (χ0v) is 21.0.